The summed E-state index contributed by atoms with van der Waals surface area (Å²) in [6.45, 7) is 0. The molecular weight excluding hydrogens is 449 g/mol. The summed E-state index contributed by atoms with van der Waals surface area (Å²) in [6.07, 6.45) is 5.56. The summed E-state index contributed by atoms with van der Waals surface area (Å²) >= 11 is 0. The maximum absolute atomic E-state index is 13.3. The van der Waals surface area contributed by atoms with Gasteiger partial charge < -0.3 is 16.5 Å². The first-order valence-electron chi connectivity index (χ1n) is 8.58. The van der Waals surface area contributed by atoms with Crippen LogP contribution in [0.2, 0.25) is 0 Å². The minimum atomic E-state index is -1.05. The normalized spacial score (nSPS) is 9.34. The summed E-state index contributed by atoms with van der Waals surface area (Å²) in [6, 6.07) is 11.3. The van der Waals surface area contributed by atoms with Crippen molar-refractivity contribution in [1.29, 1.82) is 0 Å². The summed E-state index contributed by atoms with van der Waals surface area (Å²) in [4.78, 5) is 31.2. The van der Waals surface area contributed by atoms with Crippen LogP contribution in [0.1, 0.15) is 0 Å². The molecule has 32 heavy (non-hydrogen) atoms. The summed E-state index contributed by atoms with van der Waals surface area (Å²) < 4.78 is 38.1. The summed E-state index contributed by atoms with van der Waals surface area (Å²) in [5.41, 5.74) is 10.2. The van der Waals surface area contributed by atoms with Gasteiger partial charge in [0.15, 0.2) is 17.5 Å². The fourth-order valence-electron chi connectivity index (χ4n) is 2.03. The average molecular weight is 467 g/mol. The Balaban J connectivity index is 0.000000257. The molecule has 0 aliphatic carbocycles. The van der Waals surface area contributed by atoms with Gasteiger partial charge in [0.25, 0.3) is 11.1 Å². The standard InChI is InChI=1S/C10H8FN3O.C5H3F2N.C5H6N2O.ClH/c11-7-3-1-5-13-9(7)14-6-2-4-8(12)10(14)15;6-4-2-1-3-8-5(4)7;6-4-2-1-3-7-5(4)8;/h1-6H,12H2;1-3H;1-3H,6H2,(H,7,8);1H. The van der Waals surface area contributed by atoms with Crippen molar-refractivity contribution in [2.24, 2.45) is 0 Å². The quantitative estimate of drug-likeness (QED) is 0.369. The van der Waals surface area contributed by atoms with Gasteiger partial charge in [-0.05, 0) is 48.5 Å². The predicted molar refractivity (Wildman–Crippen MR) is 117 cm³/mol. The van der Waals surface area contributed by atoms with Crippen molar-refractivity contribution in [2.75, 3.05) is 11.5 Å². The lowest BCUT2D eigenvalue weighted by molar-refractivity contribution is 0.479. The van der Waals surface area contributed by atoms with E-state index in [1.54, 1.807) is 24.4 Å². The third-order valence-electron chi connectivity index (χ3n) is 3.51. The molecule has 4 aromatic rings. The zero-order valence-electron chi connectivity index (χ0n) is 16.3. The Morgan fingerprint density at radius 3 is 1.94 bits per heavy atom. The number of halogens is 4. The van der Waals surface area contributed by atoms with E-state index in [0.717, 1.165) is 10.6 Å². The zero-order valence-corrected chi connectivity index (χ0v) is 17.1. The fourth-order valence-corrected chi connectivity index (χ4v) is 2.03. The van der Waals surface area contributed by atoms with Crippen LogP contribution in [0.5, 0.6) is 0 Å². The smallest absolute Gasteiger partial charge is 0.279 e. The molecule has 0 saturated heterocycles. The highest BCUT2D eigenvalue weighted by Gasteiger charge is 2.07. The van der Waals surface area contributed by atoms with Crippen LogP contribution in [0, 0.1) is 17.6 Å². The first-order chi connectivity index (χ1) is 14.8. The summed E-state index contributed by atoms with van der Waals surface area (Å²) in [5.74, 6) is -2.57. The molecule has 0 bridgehead atoms. The number of nitrogens with two attached hydrogens (primary N) is 2. The maximum atomic E-state index is 13.3. The minimum absolute atomic E-state index is 0. The lowest BCUT2D eigenvalue weighted by atomic mass is 10.4. The molecule has 0 unspecified atom stereocenters. The Morgan fingerprint density at radius 1 is 0.812 bits per heavy atom. The monoisotopic (exact) mass is 466 g/mol. The number of nitrogens with zero attached hydrogens (tertiary/aromatic N) is 3. The van der Waals surface area contributed by atoms with Crippen LogP contribution in [-0.4, -0.2) is 19.5 Å². The van der Waals surface area contributed by atoms with Crippen LogP contribution in [-0.2, 0) is 0 Å². The van der Waals surface area contributed by atoms with Crippen LogP contribution >= 0.6 is 12.4 Å². The first-order valence-corrected chi connectivity index (χ1v) is 8.58. The van der Waals surface area contributed by atoms with E-state index in [4.69, 9.17) is 11.5 Å². The molecule has 0 fully saturated rings. The largest absolute Gasteiger partial charge is 0.394 e. The Kier molecular flexibility index (Phi) is 10.2. The topological polar surface area (TPSA) is 133 Å². The van der Waals surface area contributed by atoms with Gasteiger partial charge in [0, 0.05) is 24.8 Å². The molecule has 168 valence electrons. The lowest BCUT2D eigenvalue weighted by Crippen LogP contribution is -2.22. The minimum Gasteiger partial charge on any atom is -0.394 e. The fraction of sp³-hybridized carbons (Fsp3) is 0. The number of anilines is 2. The molecule has 0 saturated carbocycles. The SMILES string of the molecule is Cl.Fc1cccnc1F.Nc1ccc[nH]c1=O.Nc1cccn(-c2ncccc2F)c1=O. The summed E-state index contributed by atoms with van der Waals surface area (Å²) in [5, 5.41) is 0. The first kappa shape index (κ1) is 25.9. The van der Waals surface area contributed by atoms with Gasteiger partial charge in [-0.1, -0.05) is 0 Å². The molecule has 5 N–H and O–H groups in total. The number of aromatic amines is 1. The summed E-state index contributed by atoms with van der Waals surface area (Å²) in [7, 11) is 0. The van der Waals surface area contributed by atoms with Crippen LogP contribution in [0.15, 0.2) is 82.9 Å². The van der Waals surface area contributed by atoms with Gasteiger partial charge in [-0.25, -0.2) is 18.7 Å². The highest BCUT2D eigenvalue weighted by molar-refractivity contribution is 5.85. The molecule has 0 aliphatic rings. The maximum Gasteiger partial charge on any atom is 0.279 e. The van der Waals surface area contributed by atoms with E-state index in [2.05, 4.69) is 15.0 Å². The number of nitrogen functional groups attached to an aromatic ring is 2. The van der Waals surface area contributed by atoms with E-state index >= 15 is 0 Å². The number of pyridine rings is 4. The zero-order chi connectivity index (χ0) is 22.8. The van der Waals surface area contributed by atoms with Crippen molar-refractivity contribution < 1.29 is 13.2 Å². The van der Waals surface area contributed by atoms with Gasteiger partial charge in [0.2, 0.25) is 5.95 Å². The molecule has 0 spiro atoms. The molecule has 0 aliphatic heterocycles. The molecular formula is C20H18ClF3N6O2. The second-order valence-electron chi connectivity index (χ2n) is 5.68. The number of hydrogen-bond donors (Lipinski definition) is 3. The number of H-pyrrole nitrogens is 1. The van der Waals surface area contributed by atoms with Gasteiger partial charge in [0.05, 0.1) is 11.4 Å². The van der Waals surface area contributed by atoms with Crippen LogP contribution in [0.4, 0.5) is 24.5 Å². The molecule has 0 radical (unpaired) electrons. The molecule has 8 nitrogen and oxygen atoms in total. The second kappa shape index (κ2) is 12.5. The van der Waals surface area contributed by atoms with Gasteiger partial charge in [-0.2, -0.15) is 4.39 Å². The highest BCUT2D eigenvalue weighted by Crippen LogP contribution is 2.07. The van der Waals surface area contributed by atoms with E-state index in [1.165, 1.54) is 42.9 Å². The second-order valence-corrected chi connectivity index (χ2v) is 5.68. The van der Waals surface area contributed by atoms with Crippen molar-refractivity contribution >= 4 is 23.8 Å². The predicted octanol–water partition coefficient (Wildman–Crippen LogP) is 2.69. The van der Waals surface area contributed by atoms with Crippen molar-refractivity contribution in [2.45, 2.75) is 0 Å². The van der Waals surface area contributed by atoms with Crippen LogP contribution in [0.3, 0.4) is 0 Å². The molecule has 0 aromatic carbocycles. The average Bonchev–Trinajstić information content (AvgIpc) is 2.76. The third-order valence-corrected chi connectivity index (χ3v) is 3.51. The number of aromatic nitrogens is 4. The van der Waals surface area contributed by atoms with Gasteiger partial charge in [0.1, 0.15) is 0 Å². The molecule has 4 heterocycles. The Labute approximate surface area is 185 Å². The van der Waals surface area contributed by atoms with Crippen molar-refractivity contribution in [3.05, 3.63) is 112 Å². The molecule has 0 amide bonds. The van der Waals surface area contributed by atoms with E-state index in [0.29, 0.717) is 0 Å². The van der Waals surface area contributed by atoms with Crippen LogP contribution in [0.25, 0.3) is 5.82 Å². The number of hydrogen-bond acceptors (Lipinski definition) is 6. The van der Waals surface area contributed by atoms with E-state index < -0.39 is 23.1 Å². The Morgan fingerprint density at radius 2 is 1.44 bits per heavy atom. The van der Waals surface area contributed by atoms with E-state index in [-0.39, 0.29) is 35.2 Å². The Hall–Kier alpha value is -4.12. The molecule has 12 heteroatoms. The van der Waals surface area contributed by atoms with Gasteiger partial charge in [-0.3, -0.25) is 14.2 Å². The van der Waals surface area contributed by atoms with Crippen molar-refractivity contribution in [3.8, 4) is 5.82 Å². The third kappa shape index (κ3) is 7.29. The van der Waals surface area contributed by atoms with Crippen molar-refractivity contribution in [1.82, 2.24) is 19.5 Å². The molecule has 0 atom stereocenters. The molecule has 4 rings (SSSR count). The Bertz CT molecular complexity index is 1250. The van der Waals surface area contributed by atoms with Crippen LogP contribution < -0.4 is 22.6 Å². The molecule has 4 aromatic heterocycles. The van der Waals surface area contributed by atoms with E-state index in [9.17, 15) is 22.8 Å². The van der Waals surface area contributed by atoms with Gasteiger partial charge >= 0.3 is 0 Å². The number of nitrogens with one attached hydrogen (secondary N) is 1. The van der Waals surface area contributed by atoms with Crippen molar-refractivity contribution in [3.63, 3.8) is 0 Å². The van der Waals surface area contributed by atoms with Gasteiger partial charge in [-0.15, -0.1) is 12.4 Å². The number of rotatable bonds is 1. The van der Waals surface area contributed by atoms with E-state index in [1.807, 2.05) is 0 Å². The lowest BCUT2D eigenvalue weighted by Gasteiger charge is -2.05. The highest BCUT2D eigenvalue weighted by atomic mass is 35.5.